The van der Waals surface area contributed by atoms with Crippen molar-refractivity contribution in [1.82, 2.24) is 4.90 Å². The highest BCUT2D eigenvalue weighted by molar-refractivity contribution is 5.16. The summed E-state index contributed by atoms with van der Waals surface area (Å²) in [5.41, 5.74) is 6.57. The summed E-state index contributed by atoms with van der Waals surface area (Å²) < 4.78 is 5.28. The summed E-state index contributed by atoms with van der Waals surface area (Å²) in [6, 6.07) is 1.89. The van der Waals surface area contributed by atoms with Crippen molar-refractivity contribution in [3.63, 3.8) is 0 Å². The molecular weight excluding hydrogens is 164 g/mol. The van der Waals surface area contributed by atoms with Gasteiger partial charge in [-0.1, -0.05) is 5.92 Å². The Morgan fingerprint density at radius 3 is 3.08 bits per heavy atom. The van der Waals surface area contributed by atoms with Crippen molar-refractivity contribution in [2.24, 2.45) is 5.73 Å². The van der Waals surface area contributed by atoms with E-state index in [-0.39, 0.29) is 0 Å². The Bertz CT molecular complexity index is 298. The maximum absolute atomic E-state index is 5.53. The summed E-state index contributed by atoms with van der Waals surface area (Å²) in [5, 5.41) is 0. The first-order valence-corrected chi connectivity index (χ1v) is 4.15. The molecule has 2 N–H and O–H groups in total. The normalized spacial score (nSPS) is 10.3. The van der Waals surface area contributed by atoms with E-state index < -0.39 is 0 Å². The smallest absolute Gasteiger partial charge is 0.122 e. The fraction of sp³-hybridized carbons (Fsp3) is 0.400. The zero-order valence-electron chi connectivity index (χ0n) is 7.79. The lowest BCUT2D eigenvalue weighted by atomic mass is 10.2. The third-order valence-corrected chi connectivity index (χ3v) is 1.83. The van der Waals surface area contributed by atoms with Gasteiger partial charge in [0, 0.05) is 12.1 Å². The summed E-state index contributed by atoms with van der Waals surface area (Å²) in [4.78, 5) is 2.00. The first-order chi connectivity index (χ1) is 6.27. The quantitative estimate of drug-likeness (QED) is 0.693. The molecule has 13 heavy (non-hydrogen) atoms. The van der Waals surface area contributed by atoms with E-state index in [0.29, 0.717) is 19.6 Å². The Morgan fingerprint density at radius 2 is 2.46 bits per heavy atom. The Morgan fingerprint density at radius 1 is 1.69 bits per heavy atom. The standard InChI is InChI=1S/C10H14N2O/c1-3-5-12(2)8-10-9(7-11)4-6-13-10/h1,4,6H,5,7-8,11H2,2H3. The van der Waals surface area contributed by atoms with Crippen LogP contribution in [-0.2, 0) is 13.1 Å². The van der Waals surface area contributed by atoms with Gasteiger partial charge in [0.05, 0.1) is 19.4 Å². The predicted octanol–water partition coefficient (Wildman–Crippen LogP) is 0.803. The molecule has 0 radical (unpaired) electrons. The molecule has 0 spiro atoms. The summed E-state index contributed by atoms with van der Waals surface area (Å²) in [7, 11) is 1.95. The van der Waals surface area contributed by atoms with Crippen LogP contribution in [0.25, 0.3) is 0 Å². The van der Waals surface area contributed by atoms with E-state index in [1.54, 1.807) is 6.26 Å². The Kier molecular flexibility index (Phi) is 3.56. The lowest BCUT2D eigenvalue weighted by Gasteiger charge is -2.11. The van der Waals surface area contributed by atoms with Gasteiger partial charge >= 0.3 is 0 Å². The fourth-order valence-electron chi connectivity index (χ4n) is 1.14. The minimum absolute atomic E-state index is 0.510. The van der Waals surface area contributed by atoms with Crippen LogP contribution in [0.5, 0.6) is 0 Å². The molecule has 70 valence electrons. The topological polar surface area (TPSA) is 42.4 Å². The van der Waals surface area contributed by atoms with Gasteiger partial charge in [0.25, 0.3) is 0 Å². The predicted molar refractivity (Wildman–Crippen MR) is 51.8 cm³/mol. The number of furan rings is 1. The average molecular weight is 178 g/mol. The van der Waals surface area contributed by atoms with E-state index in [1.165, 1.54) is 0 Å². The minimum Gasteiger partial charge on any atom is -0.468 e. The molecule has 3 nitrogen and oxygen atoms in total. The molecule has 0 aliphatic heterocycles. The summed E-state index contributed by atoms with van der Waals surface area (Å²) in [6.45, 7) is 1.84. The lowest BCUT2D eigenvalue weighted by Crippen LogP contribution is -2.18. The van der Waals surface area contributed by atoms with Crippen molar-refractivity contribution in [2.45, 2.75) is 13.1 Å². The number of hydrogen-bond donors (Lipinski definition) is 1. The van der Waals surface area contributed by atoms with Gasteiger partial charge in [-0.3, -0.25) is 4.90 Å². The number of rotatable bonds is 4. The van der Waals surface area contributed by atoms with Crippen molar-refractivity contribution in [3.05, 3.63) is 23.7 Å². The molecule has 0 fully saturated rings. The Balaban J connectivity index is 2.58. The van der Waals surface area contributed by atoms with Gasteiger partial charge < -0.3 is 10.2 Å². The van der Waals surface area contributed by atoms with Gasteiger partial charge in [-0.15, -0.1) is 6.42 Å². The second-order valence-corrected chi connectivity index (χ2v) is 2.95. The number of hydrogen-bond acceptors (Lipinski definition) is 3. The molecule has 0 atom stereocenters. The van der Waals surface area contributed by atoms with Crippen molar-refractivity contribution >= 4 is 0 Å². The third kappa shape index (κ3) is 2.62. The second-order valence-electron chi connectivity index (χ2n) is 2.95. The van der Waals surface area contributed by atoms with Crippen LogP contribution >= 0.6 is 0 Å². The first kappa shape index (κ1) is 9.85. The number of nitrogens with zero attached hydrogens (tertiary/aromatic N) is 1. The average Bonchev–Trinajstić information content (AvgIpc) is 2.52. The summed E-state index contributed by atoms with van der Waals surface area (Å²) in [6.07, 6.45) is 6.84. The van der Waals surface area contributed by atoms with Gasteiger partial charge in [-0.05, 0) is 13.1 Å². The van der Waals surface area contributed by atoms with E-state index in [2.05, 4.69) is 5.92 Å². The lowest BCUT2D eigenvalue weighted by molar-refractivity contribution is 0.324. The monoisotopic (exact) mass is 178 g/mol. The van der Waals surface area contributed by atoms with Crippen LogP contribution in [0.4, 0.5) is 0 Å². The Hall–Kier alpha value is -1.24. The SMILES string of the molecule is C#CCN(C)Cc1occc1CN. The molecular formula is C10H14N2O. The van der Waals surface area contributed by atoms with Crippen LogP contribution in [0.2, 0.25) is 0 Å². The third-order valence-electron chi connectivity index (χ3n) is 1.83. The zero-order valence-corrected chi connectivity index (χ0v) is 7.79. The number of nitrogens with two attached hydrogens (primary N) is 1. The molecule has 0 aliphatic rings. The van der Waals surface area contributed by atoms with E-state index in [4.69, 9.17) is 16.6 Å². The van der Waals surface area contributed by atoms with Crippen molar-refractivity contribution < 1.29 is 4.42 Å². The van der Waals surface area contributed by atoms with E-state index in [9.17, 15) is 0 Å². The van der Waals surface area contributed by atoms with Crippen LogP contribution in [0.1, 0.15) is 11.3 Å². The van der Waals surface area contributed by atoms with Crippen LogP contribution in [0, 0.1) is 12.3 Å². The second kappa shape index (κ2) is 4.70. The molecule has 0 amide bonds. The molecule has 0 bridgehead atoms. The van der Waals surface area contributed by atoms with Gasteiger partial charge in [0.1, 0.15) is 5.76 Å². The molecule has 0 unspecified atom stereocenters. The molecule has 1 aromatic heterocycles. The van der Waals surface area contributed by atoms with Gasteiger partial charge in [-0.2, -0.15) is 0 Å². The molecule has 1 heterocycles. The van der Waals surface area contributed by atoms with Crippen LogP contribution in [-0.4, -0.2) is 18.5 Å². The Labute approximate surface area is 78.5 Å². The van der Waals surface area contributed by atoms with Crippen LogP contribution < -0.4 is 5.73 Å². The van der Waals surface area contributed by atoms with E-state index in [1.807, 2.05) is 18.0 Å². The highest BCUT2D eigenvalue weighted by Crippen LogP contribution is 2.11. The van der Waals surface area contributed by atoms with Gasteiger partial charge in [0.2, 0.25) is 0 Å². The first-order valence-electron chi connectivity index (χ1n) is 4.15. The maximum atomic E-state index is 5.53. The van der Waals surface area contributed by atoms with Crippen molar-refractivity contribution in [2.75, 3.05) is 13.6 Å². The van der Waals surface area contributed by atoms with Crippen LogP contribution in [0.15, 0.2) is 16.7 Å². The molecule has 0 saturated carbocycles. The molecule has 0 aliphatic carbocycles. The molecule has 0 aromatic carbocycles. The maximum Gasteiger partial charge on any atom is 0.122 e. The van der Waals surface area contributed by atoms with E-state index in [0.717, 1.165) is 11.3 Å². The van der Waals surface area contributed by atoms with Crippen molar-refractivity contribution in [3.8, 4) is 12.3 Å². The highest BCUT2D eigenvalue weighted by atomic mass is 16.3. The number of terminal acetylenes is 1. The minimum atomic E-state index is 0.510. The van der Waals surface area contributed by atoms with Crippen molar-refractivity contribution in [1.29, 1.82) is 0 Å². The summed E-state index contributed by atoms with van der Waals surface area (Å²) in [5.74, 6) is 3.47. The molecule has 1 aromatic rings. The largest absolute Gasteiger partial charge is 0.468 e. The molecule has 0 saturated heterocycles. The molecule has 1 rings (SSSR count). The van der Waals surface area contributed by atoms with Gasteiger partial charge in [-0.25, -0.2) is 0 Å². The zero-order chi connectivity index (χ0) is 9.68. The highest BCUT2D eigenvalue weighted by Gasteiger charge is 2.06. The van der Waals surface area contributed by atoms with Gasteiger partial charge in [0.15, 0.2) is 0 Å². The molecule has 3 heteroatoms. The fourth-order valence-corrected chi connectivity index (χ4v) is 1.14. The van der Waals surface area contributed by atoms with E-state index >= 15 is 0 Å². The van der Waals surface area contributed by atoms with Crippen LogP contribution in [0.3, 0.4) is 0 Å². The summed E-state index contributed by atoms with van der Waals surface area (Å²) >= 11 is 0.